The Labute approximate surface area is 319 Å². The second-order valence-corrected chi connectivity index (χ2v) is 15.5. The molecule has 3 aliphatic heterocycles. The Hall–Kier alpha value is -4.81. The molecule has 3 amide bonds. The number of carbonyl (C=O) groups is 3. The molecule has 2 saturated heterocycles. The first-order valence-electron chi connectivity index (χ1n) is 17.3. The smallest absolute Gasteiger partial charge is 0.268 e. The standard InChI is InChI=1S/C40H34Cl2FN5O4S/c1-23-19-28(36(44-20-23)47-21-40(22-47)14-17-52-18-15-40)37(49)45-25-11-9-24(10-12-25)39(51)48-16-13-27-32(43)35(53-34(27)26-5-2-3-8-31(26)48)38(50)46-33-29(41)6-4-7-30(33)42/h2-12,19-20H,13-18,21-22H2,1H3,(H,45,49)(H,46,50). The van der Waals surface area contributed by atoms with E-state index in [2.05, 4.69) is 20.5 Å². The number of anilines is 4. The fraction of sp³-hybridized carbons (Fsp3) is 0.250. The lowest BCUT2D eigenvalue weighted by atomic mass is 9.73. The molecule has 1 spiro atoms. The van der Waals surface area contributed by atoms with Crippen LogP contribution >= 0.6 is 34.5 Å². The summed E-state index contributed by atoms with van der Waals surface area (Å²) >= 11 is 13.5. The molecular formula is C40H34Cl2FN5O4S. The van der Waals surface area contributed by atoms with Crippen molar-refractivity contribution in [3.63, 3.8) is 0 Å². The summed E-state index contributed by atoms with van der Waals surface area (Å²) in [5.41, 5.74) is 4.36. The third kappa shape index (κ3) is 6.67. The lowest BCUT2D eigenvalue weighted by molar-refractivity contribution is -0.000511. The number of carbonyl (C=O) groups excluding carboxylic acids is 3. The van der Waals surface area contributed by atoms with Gasteiger partial charge in [0.15, 0.2) is 5.82 Å². The summed E-state index contributed by atoms with van der Waals surface area (Å²) in [5.74, 6) is -1.19. The topological polar surface area (TPSA) is 104 Å². The molecule has 0 saturated carbocycles. The summed E-state index contributed by atoms with van der Waals surface area (Å²) in [6, 6.07) is 20.7. The monoisotopic (exact) mass is 769 g/mol. The largest absolute Gasteiger partial charge is 0.381 e. The van der Waals surface area contributed by atoms with Gasteiger partial charge in [-0.25, -0.2) is 9.37 Å². The number of halogens is 3. The molecule has 13 heteroatoms. The number of benzene rings is 3. The number of pyridine rings is 1. The molecule has 5 aromatic rings. The van der Waals surface area contributed by atoms with Gasteiger partial charge in [-0.3, -0.25) is 14.4 Å². The van der Waals surface area contributed by atoms with Gasteiger partial charge in [0, 0.05) is 71.7 Å². The lowest BCUT2D eigenvalue weighted by Crippen LogP contribution is -2.59. The first-order valence-corrected chi connectivity index (χ1v) is 18.9. The van der Waals surface area contributed by atoms with E-state index in [1.807, 2.05) is 37.3 Å². The van der Waals surface area contributed by atoms with E-state index in [0.29, 0.717) is 44.3 Å². The van der Waals surface area contributed by atoms with Crippen LogP contribution in [0.25, 0.3) is 10.4 Å². The Bertz CT molecular complexity index is 2250. The number of nitrogens with zero attached hydrogens (tertiary/aromatic N) is 3. The van der Waals surface area contributed by atoms with Crippen molar-refractivity contribution in [1.29, 1.82) is 0 Å². The Kier molecular flexibility index (Phi) is 9.44. The highest BCUT2D eigenvalue weighted by molar-refractivity contribution is 7.17. The molecule has 3 aromatic carbocycles. The number of para-hydroxylation sites is 2. The van der Waals surface area contributed by atoms with Crippen molar-refractivity contribution >= 4 is 75.1 Å². The summed E-state index contributed by atoms with van der Waals surface area (Å²) in [6.07, 6.45) is 3.99. The van der Waals surface area contributed by atoms with Crippen LogP contribution in [0.5, 0.6) is 0 Å². The predicted molar refractivity (Wildman–Crippen MR) is 208 cm³/mol. The number of aromatic nitrogens is 1. The van der Waals surface area contributed by atoms with Gasteiger partial charge < -0.3 is 25.2 Å². The molecule has 2 aromatic heterocycles. The number of rotatable bonds is 6. The van der Waals surface area contributed by atoms with Crippen molar-refractivity contribution in [3.05, 3.63) is 122 Å². The Morgan fingerprint density at radius 2 is 1.64 bits per heavy atom. The minimum Gasteiger partial charge on any atom is -0.381 e. The first kappa shape index (κ1) is 35.2. The van der Waals surface area contributed by atoms with Gasteiger partial charge in [-0.2, -0.15) is 0 Å². The van der Waals surface area contributed by atoms with Crippen LogP contribution in [0.2, 0.25) is 10.0 Å². The Morgan fingerprint density at radius 1 is 0.925 bits per heavy atom. The highest BCUT2D eigenvalue weighted by Crippen LogP contribution is 2.45. The molecule has 0 radical (unpaired) electrons. The van der Waals surface area contributed by atoms with Crippen LogP contribution in [0, 0.1) is 18.2 Å². The molecule has 2 fully saturated rings. The van der Waals surface area contributed by atoms with Crippen molar-refractivity contribution in [2.24, 2.45) is 5.41 Å². The van der Waals surface area contributed by atoms with Gasteiger partial charge in [-0.05, 0) is 80.3 Å². The van der Waals surface area contributed by atoms with E-state index in [1.54, 1.807) is 53.6 Å². The van der Waals surface area contributed by atoms with Gasteiger partial charge in [0.25, 0.3) is 17.7 Å². The van der Waals surface area contributed by atoms with E-state index in [9.17, 15) is 14.4 Å². The third-order valence-corrected chi connectivity index (χ3v) is 12.0. The van der Waals surface area contributed by atoms with Gasteiger partial charge in [-0.15, -0.1) is 11.3 Å². The van der Waals surface area contributed by atoms with Crippen LogP contribution in [0.15, 0.2) is 79.0 Å². The molecule has 0 atom stereocenters. The number of hydrogen-bond donors (Lipinski definition) is 2. The number of amides is 3. The highest BCUT2D eigenvalue weighted by Gasteiger charge is 2.45. The van der Waals surface area contributed by atoms with Crippen LogP contribution in [0.1, 0.15) is 54.4 Å². The first-order chi connectivity index (χ1) is 25.6. The molecule has 0 bridgehead atoms. The van der Waals surface area contributed by atoms with Crippen LogP contribution in [0.4, 0.5) is 27.3 Å². The number of fused-ring (bicyclic) bond motifs is 3. The zero-order chi connectivity index (χ0) is 36.9. The van der Waals surface area contributed by atoms with Crippen LogP contribution in [-0.2, 0) is 11.2 Å². The number of aryl methyl sites for hydroxylation is 1. The fourth-order valence-electron chi connectivity index (χ4n) is 7.34. The molecule has 5 heterocycles. The van der Waals surface area contributed by atoms with E-state index in [0.717, 1.165) is 56.0 Å². The van der Waals surface area contributed by atoms with Crippen LogP contribution < -0.4 is 20.4 Å². The zero-order valence-corrected chi connectivity index (χ0v) is 31.0. The number of ether oxygens (including phenoxy) is 1. The predicted octanol–water partition coefficient (Wildman–Crippen LogP) is 8.89. The molecule has 0 aliphatic carbocycles. The number of hydrogen-bond acceptors (Lipinski definition) is 7. The van der Waals surface area contributed by atoms with Crippen molar-refractivity contribution in [2.75, 3.05) is 53.3 Å². The minimum atomic E-state index is -0.660. The second-order valence-electron chi connectivity index (χ2n) is 13.7. The number of thiophene rings is 1. The van der Waals surface area contributed by atoms with Crippen molar-refractivity contribution in [1.82, 2.24) is 4.98 Å². The van der Waals surface area contributed by atoms with E-state index in [4.69, 9.17) is 27.9 Å². The lowest BCUT2D eigenvalue weighted by Gasteiger charge is -2.53. The van der Waals surface area contributed by atoms with E-state index in [1.165, 1.54) is 0 Å². The van der Waals surface area contributed by atoms with Gasteiger partial charge in [0.1, 0.15) is 10.7 Å². The Balaban J connectivity index is 0.991. The van der Waals surface area contributed by atoms with Crippen molar-refractivity contribution in [2.45, 2.75) is 26.2 Å². The van der Waals surface area contributed by atoms with E-state index >= 15 is 4.39 Å². The van der Waals surface area contributed by atoms with Gasteiger partial charge in [0.2, 0.25) is 0 Å². The van der Waals surface area contributed by atoms with Gasteiger partial charge >= 0.3 is 0 Å². The molecule has 3 aliphatic rings. The van der Waals surface area contributed by atoms with Crippen LogP contribution in [-0.4, -0.2) is 55.6 Å². The maximum Gasteiger partial charge on any atom is 0.268 e. The molecule has 2 N–H and O–H groups in total. The molecule has 0 unspecified atom stereocenters. The van der Waals surface area contributed by atoms with Crippen molar-refractivity contribution < 1.29 is 23.5 Å². The number of nitrogens with one attached hydrogen (secondary N) is 2. The fourth-order valence-corrected chi connectivity index (χ4v) is 8.99. The van der Waals surface area contributed by atoms with Gasteiger partial charge in [0.05, 0.1) is 27.0 Å². The minimum absolute atomic E-state index is 0.0973. The molecule has 53 heavy (non-hydrogen) atoms. The maximum atomic E-state index is 16.0. The maximum absolute atomic E-state index is 16.0. The van der Waals surface area contributed by atoms with Crippen molar-refractivity contribution in [3.8, 4) is 10.4 Å². The van der Waals surface area contributed by atoms with Gasteiger partial charge in [-0.1, -0.05) is 47.5 Å². The average Bonchev–Trinajstić information content (AvgIpc) is 3.38. The summed E-state index contributed by atoms with van der Waals surface area (Å²) in [4.78, 5) is 49.8. The molecule has 270 valence electrons. The average molecular weight is 771 g/mol. The third-order valence-electron chi connectivity index (χ3n) is 10.2. The highest BCUT2D eigenvalue weighted by atomic mass is 35.5. The molecular weight excluding hydrogens is 736 g/mol. The van der Waals surface area contributed by atoms with Crippen LogP contribution in [0.3, 0.4) is 0 Å². The molecule has 9 nitrogen and oxygen atoms in total. The normalized spacial score (nSPS) is 15.9. The summed E-state index contributed by atoms with van der Waals surface area (Å²) in [6.45, 7) is 5.32. The second kappa shape index (κ2) is 14.2. The summed E-state index contributed by atoms with van der Waals surface area (Å²) in [5, 5.41) is 6.11. The zero-order valence-electron chi connectivity index (χ0n) is 28.7. The quantitative estimate of drug-likeness (QED) is 0.179. The Morgan fingerprint density at radius 3 is 2.38 bits per heavy atom. The SMILES string of the molecule is Cc1cnc(N2CC3(CCOCC3)C2)c(C(=O)Nc2ccc(C(=O)N3CCc4c(sc(C(=O)Nc5c(Cl)cccc5Cl)c4F)-c4ccccc43)cc2)c1. The van der Waals surface area contributed by atoms with E-state index in [-0.39, 0.29) is 50.8 Å². The molecule has 8 rings (SSSR count). The van der Waals surface area contributed by atoms with E-state index < -0.39 is 11.7 Å². The summed E-state index contributed by atoms with van der Waals surface area (Å²) < 4.78 is 21.6. The summed E-state index contributed by atoms with van der Waals surface area (Å²) in [7, 11) is 0.